The summed E-state index contributed by atoms with van der Waals surface area (Å²) in [6.07, 6.45) is 0. The molecule has 0 bridgehead atoms. The van der Waals surface area contributed by atoms with E-state index in [1.54, 1.807) is 0 Å². The molecule has 5 heteroatoms. The number of rotatable bonds is 0. The topological polar surface area (TPSA) is 91.5 Å². The van der Waals surface area contributed by atoms with Gasteiger partial charge in [0.25, 0.3) is 0 Å². The summed E-state index contributed by atoms with van der Waals surface area (Å²) >= 11 is 0. The summed E-state index contributed by atoms with van der Waals surface area (Å²) in [5.74, 6) is 0. The predicted octanol–water partition coefficient (Wildman–Crippen LogP) is 0.861. The molecule has 0 aromatic carbocycles. The second-order valence-corrected chi connectivity index (χ2v) is 0. The van der Waals surface area contributed by atoms with Gasteiger partial charge in [-0.3, -0.25) is 0 Å². The molecule has 0 aliphatic rings. The molecule has 0 aliphatic heterocycles. The fourth-order valence-corrected chi connectivity index (χ4v) is 0. The standard InChI is InChI=1S/Hf.3N.Nb/q+4;3*-3;+5. The van der Waals surface area contributed by atoms with Gasteiger partial charge in [-0.15, -0.1) is 0 Å². The van der Waals surface area contributed by atoms with Gasteiger partial charge < -0.3 is 18.5 Å². The number of nitrogens with zero attached hydrogens (tertiary/aromatic N) is 3. The molecule has 0 unspecified atom stereocenters. The third-order valence-electron chi connectivity index (χ3n) is 0. The van der Waals surface area contributed by atoms with Crippen molar-refractivity contribution in [1.29, 1.82) is 0 Å². The van der Waals surface area contributed by atoms with Crippen LogP contribution in [0.1, 0.15) is 0 Å². The Balaban J connectivity index is 0. The van der Waals surface area contributed by atoms with Crippen LogP contribution in [0, 0.1) is 0 Å². The van der Waals surface area contributed by atoms with Gasteiger partial charge in [-0.1, -0.05) is 0 Å². The number of hydrogen-bond donors (Lipinski definition) is 0. The molecule has 0 radical (unpaired) electrons. The monoisotopic (exact) mass is 315 g/mol. The van der Waals surface area contributed by atoms with Gasteiger partial charge in [0.2, 0.25) is 0 Å². The molecule has 0 saturated heterocycles. The molecule has 0 aromatic rings. The van der Waals surface area contributed by atoms with Crippen molar-refractivity contribution in [2.24, 2.45) is 0 Å². The Kier molecular flexibility index (Phi) is 878. The van der Waals surface area contributed by atoms with E-state index < -0.39 is 0 Å². The fourth-order valence-electron chi connectivity index (χ4n) is 0. The minimum Gasteiger partial charge on any atom is -3.00 e. The van der Waals surface area contributed by atoms with Gasteiger partial charge in [-0.2, -0.15) is 0 Å². The fraction of sp³-hybridized carbons (Fsp3) is 0. The van der Waals surface area contributed by atoms with Gasteiger partial charge in [-0.05, 0) is 0 Å². The Bertz CT molecular complexity index is 6.85. The van der Waals surface area contributed by atoms with Crippen LogP contribution in [0.15, 0.2) is 0 Å². The van der Waals surface area contributed by atoms with E-state index in [0.717, 1.165) is 0 Å². The Morgan fingerprint density at radius 1 is 0.600 bits per heavy atom. The summed E-state index contributed by atoms with van der Waals surface area (Å²) in [6.45, 7) is 0. The van der Waals surface area contributed by atoms with Crippen molar-refractivity contribution in [3.05, 3.63) is 18.5 Å². The molecule has 0 N–H and O–H groups in total. The average Bonchev–Trinajstić information content (AvgIpc) is 0. The summed E-state index contributed by atoms with van der Waals surface area (Å²) in [6, 6.07) is 0. The zero-order chi connectivity index (χ0) is 0. The maximum Gasteiger partial charge on any atom is 5.00 e. The molecule has 0 aliphatic carbocycles. The molecular weight excluding hydrogens is 313 g/mol. The Morgan fingerprint density at radius 3 is 0.600 bits per heavy atom. The van der Waals surface area contributed by atoms with Crippen molar-refractivity contribution in [3.8, 4) is 0 Å². The second-order valence-electron chi connectivity index (χ2n) is 0. The summed E-state index contributed by atoms with van der Waals surface area (Å²) in [4.78, 5) is 0. The van der Waals surface area contributed by atoms with E-state index in [2.05, 4.69) is 0 Å². The van der Waals surface area contributed by atoms with E-state index in [0.29, 0.717) is 0 Å². The summed E-state index contributed by atoms with van der Waals surface area (Å²) < 4.78 is 0. The molecular formula is HfN3Nb. The van der Waals surface area contributed by atoms with Crippen LogP contribution in [0.5, 0.6) is 0 Å². The van der Waals surface area contributed by atoms with Crippen LogP contribution < -0.4 is 0 Å². The van der Waals surface area contributed by atoms with Crippen molar-refractivity contribution >= 4 is 0 Å². The predicted molar refractivity (Wildman–Crippen MR) is 10.1 cm³/mol. The first kappa shape index (κ1) is 88.1. The first-order chi connectivity index (χ1) is 0. The second kappa shape index (κ2) is 49.8. The summed E-state index contributed by atoms with van der Waals surface area (Å²) in [5, 5.41) is 0. The smallest absolute Gasteiger partial charge is 3.00 e. The zero-order valence-electron chi connectivity index (χ0n) is 2.29. The summed E-state index contributed by atoms with van der Waals surface area (Å²) in [5.41, 5.74) is 0. The molecule has 5 heavy (non-hydrogen) atoms. The maximum absolute atomic E-state index is 0. The minimum atomic E-state index is 0. The quantitative estimate of drug-likeness (QED) is 0.594. The van der Waals surface area contributed by atoms with Crippen molar-refractivity contribution in [2.45, 2.75) is 0 Å². The van der Waals surface area contributed by atoms with Crippen LogP contribution in [0.2, 0.25) is 0 Å². The van der Waals surface area contributed by atoms with Gasteiger partial charge in [-0.25, -0.2) is 0 Å². The van der Waals surface area contributed by atoms with Gasteiger partial charge in [0.05, 0.1) is 0 Å². The molecule has 0 spiro atoms. The van der Waals surface area contributed by atoms with E-state index in [1.165, 1.54) is 0 Å². The van der Waals surface area contributed by atoms with Crippen molar-refractivity contribution in [3.63, 3.8) is 0 Å². The molecule has 24 valence electrons. The number of hydrogen-bond acceptors (Lipinski definition) is 0. The van der Waals surface area contributed by atoms with Gasteiger partial charge >= 0.3 is 48.2 Å². The van der Waals surface area contributed by atoms with Crippen LogP contribution in [-0.2, 0) is 48.2 Å². The van der Waals surface area contributed by atoms with Gasteiger partial charge in [0, 0.05) is 0 Å². The van der Waals surface area contributed by atoms with E-state index in [9.17, 15) is 0 Å². The van der Waals surface area contributed by atoms with Crippen LogP contribution >= 0.6 is 0 Å². The van der Waals surface area contributed by atoms with Crippen LogP contribution in [0.4, 0.5) is 0 Å². The van der Waals surface area contributed by atoms with Crippen molar-refractivity contribution < 1.29 is 48.2 Å². The van der Waals surface area contributed by atoms with Gasteiger partial charge in [0.1, 0.15) is 0 Å². The van der Waals surface area contributed by atoms with E-state index in [-0.39, 0.29) is 66.7 Å². The maximum atomic E-state index is 0. The first-order valence-electron chi connectivity index (χ1n) is 0. The van der Waals surface area contributed by atoms with Crippen LogP contribution in [0.3, 0.4) is 0 Å². The Hall–Kier alpha value is 1.49. The third-order valence-corrected chi connectivity index (χ3v) is 0. The minimum absolute atomic E-state index is 0. The Labute approximate surface area is 66.3 Å². The first-order valence-corrected chi connectivity index (χ1v) is 0. The van der Waals surface area contributed by atoms with Crippen molar-refractivity contribution in [2.75, 3.05) is 0 Å². The Morgan fingerprint density at radius 2 is 0.600 bits per heavy atom. The molecule has 0 fully saturated rings. The van der Waals surface area contributed by atoms with E-state index in [4.69, 9.17) is 0 Å². The van der Waals surface area contributed by atoms with Gasteiger partial charge in [0.15, 0.2) is 0 Å². The normalized spacial score (nSPS) is 0. The SMILES string of the molecule is [Hf+4].[N-3].[N-3].[N-3].[Nb+5]. The molecule has 0 saturated carbocycles. The molecule has 0 amide bonds. The molecule has 0 rings (SSSR count). The largest absolute Gasteiger partial charge is 5.00 e. The summed E-state index contributed by atoms with van der Waals surface area (Å²) in [7, 11) is 0. The van der Waals surface area contributed by atoms with E-state index >= 15 is 0 Å². The van der Waals surface area contributed by atoms with Crippen LogP contribution in [0.25, 0.3) is 18.5 Å². The van der Waals surface area contributed by atoms with Crippen molar-refractivity contribution in [1.82, 2.24) is 0 Å². The van der Waals surface area contributed by atoms with E-state index in [1.807, 2.05) is 0 Å². The molecule has 0 aromatic heterocycles. The molecule has 3 nitrogen and oxygen atoms in total. The average molecular weight is 313 g/mol. The third kappa shape index (κ3) is 30.1. The van der Waals surface area contributed by atoms with Crippen LogP contribution in [-0.4, -0.2) is 0 Å². The zero-order valence-corrected chi connectivity index (χ0v) is 8.08. The molecule has 0 heterocycles. The molecule has 0 atom stereocenters.